The van der Waals surface area contributed by atoms with E-state index in [2.05, 4.69) is 39.9 Å². The van der Waals surface area contributed by atoms with E-state index in [4.69, 9.17) is 16.7 Å². The molecule has 0 aliphatic rings. The second-order valence-corrected chi connectivity index (χ2v) is 7.29. The molecule has 0 unspecified atom stereocenters. The minimum Gasteiger partial charge on any atom is -0.381 e. The molecular weight excluding hydrogens is 432 g/mol. The average Bonchev–Trinajstić information content (AvgIpc) is 2.85. The zero-order valence-corrected chi connectivity index (χ0v) is 17.1. The van der Waals surface area contributed by atoms with Crippen LogP contribution in [0.1, 0.15) is 11.4 Å². The fourth-order valence-electron chi connectivity index (χ4n) is 3.55. The van der Waals surface area contributed by atoms with E-state index in [9.17, 15) is 5.26 Å². The first-order chi connectivity index (χ1) is 16.5. The Bertz CT molecular complexity index is 1920. The van der Waals surface area contributed by atoms with Gasteiger partial charge in [-0.2, -0.15) is 10.5 Å². The fraction of sp³-hybridized carbons (Fsp3) is 0. The van der Waals surface area contributed by atoms with Gasteiger partial charge in [0.1, 0.15) is 12.1 Å². The van der Waals surface area contributed by atoms with Crippen LogP contribution in [0.25, 0.3) is 55.8 Å². The lowest BCUT2D eigenvalue weighted by molar-refractivity contribution is 1.14. The first-order valence-electron chi connectivity index (χ1n) is 9.83. The van der Waals surface area contributed by atoms with Crippen LogP contribution in [0.2, 0.25) is 0 Å². The van der Waals surface area contributed by atoms with Gasteiger partial charge in [0, 0.05) is 0 Å². The molecule has 0 aliphatic heterocycles. The standard InChI is InChI=1S/C22H10N12/c23-7-15-16(8-24)32-20-19(31-15)27-11-3-1-9(5-13(11)29-20)10-2-4-12-14(6-10)30-22-21(28-12)33-17(25)18(26)34-22/h1-6H,(H2,25,28,33)(H2,26,30,34). The van der Waals surface area contributed by atoms with Gasteiger partial charge in [0.05, 0.1) is 22.1 Å². The van der Waals surface area contributed by atoms with Crippen molar-refractivity contribution in [1.82, 2.24) is 39.9 Å². The maximum absolute atomic E-state index is 9.21. The van der Waals surface area contributed by atoms with Gasteiger partial charge in [-0.15, -0.1) is 0 Å². The van der Waals surface area contributed by atoms with E-state index in [1.807, 2.05) is 42.5 Å². The van der Waals surface area contributed by atoms with Crippen LogP contribution < -0.4 is 11.5 Å². The van der Waals surface area contributed by atoms with Crippen LogP contribution >= 0.6 is 0 Å². The Hall–Kier alpha value is -5.62. The van der Waals surface area contributed by atoms with E-state index < -0.39 is 0 Å². The van der Waals surface area contributed by atoms with Gasteiger partial charge in [-0.05, 0) is 35.4 Å². The fourth-order valence-corrected chi connectivity index (χ4v) is 3.55. The highest BCUT2D eigenvalue weighted by molar-refractivity contribution is 5.90. The third-order valence-electron chi connectivity index (χ3n) is 5.18. The van der Waals surface area contributed by atoms with Gasteiger partial charge in [0.15, 0.2) is 34.3 Å². The summed E-state index contributed by atoms with van der Waals surface area (Å²) in [6.07, 6.45) is 0. The summed E-state index contributed by atoms with van der Waals surface area (Å²) in [6, 6.07) is 14.9. The predicted molar refractivity (Wildman–Crippen MR) is 123 cm³/mol. The van der Waals surface area contributed by atoms with Crippen LogP contribution in [0.5, 0.6) is 0 Å². The molecule has 12 nitrogen and oxygen atoms in total. The summed E-state index contributed by atoms with van der Waals surface area (Å²) in [7, 11) is 0. The van der Waals surface area contributed by atoms with Gasteiger partial charge in [0.2, 0.25) is 11.3 Å². The van der Waals surface area contributed by atoms with E-state index in [0.29, 0.717) is 33.4 Å². The normalized spacial score (nSPS) is 11.1. The van der Waals surface area contributed by atoms with Crippen LogP contribution in [0, 0.1) is 22.7 Å². The number of hydrogen-bond acceptors (Lipinski definition) is 12. The van der Waals surface area contributed by atoms with E-state index in [0.717, 1.165) is 11.1 Å². The molecule has 4 N–H and O–H groups in total. The molecule has 0 saturated heterocycles. The second kappa shape index (κ2) is 6.94. The maximum Gasteiger partial charge on any atom is 0.200 e. The summed E-state index contributed by atoms with van der Waals surface area (Å²) in [5, 5.41) is 18.4. The van der Waals surface area contributed by atoms with Gasteiger partial charge in [-0.1, -0.05) is 12.1 Å². The maximum atomic E-state index is 9.21. The number of anilines is 2. The van der Waals surface area contributed by atoms with Gasteiger partial charge in [-0.3, -0.25) is 0 Å². The van der Waals surface area contributed by atoms with Crippen LogP contribution in [0.3, 0.4) is 0 Å². The van der Waals surface area contributed by atoms with E-state index in [-0.39, 0.29) is 34.3 Å². The lowest BCUT2D eigenvalue weighted by atomic mass is 10.0. The molecule has 0 fully saturated rings. The molecule has 6 aromatic rings. The van der Waals surface area contributed by atoms with Crippen molar-refractivity contribution in [2.24, 2.45) is 0 Å². The van der Waals surface area contributed by atoms with Crippen molar-refractivity contribution in [3.05, 3.63) is 47.8 Å². The molecule has 12 heteroatoms. The van der Waals surface area contributed by atoms with Crippen LogP contribution in [0.4, 0.5) is 11.6 Å². The molecule has 0 bridgehead atoms. The van der Waals surface area contributed by atoms with Gasteiger partial charge < -0.3 is 11.5 Å². The first kappa shape index (κ1) is 19.1. The molecule has 4 heterocycles. The number of nitriles is 2. The Labute approximate surface area is 189 Å². The third kappa shape index (κ3) is 2.91. The SMILES string of the molecule is N#Cc1nc2nc3ccc(-c4ccc5nc6nc(N)c(N)nc6nc5c4)cc3nc2nc1C#N. The first-order valence-corrected chi connectivity index (χ1v) is 9.83. The zero-order valence-electron chi connectivity index (χ0n) is 17.1. The topological polar surface area (TPSA) is 203 Å². The Morgan fingerprint density at radius 1 is 0.500 bits per heavy atom. The summed E-state index contributed by atoms with van der Waals surface area (Å²) in [5.41, 5.74) is 16.4. The smallest absolute Gasteiger partial charge is 0.200 e. The Balaban J connectivity index is 1.50. The number of aromatic nitrogens is 8. The number of nitrogens with zero attached hydrogens (tertiary/aromatic N) is 10. The molecule has 0 amide bonds. The quantitative estimate of drug-likeness (QED) is 0.351. The lowest BCUT2D eigenvalue weighted by Crippen LogP contribution is -2.03. The highest BCUT2D eigenvalue weighted by Gasteiger charge is 2.13. The molecular formula is C22H10N12. The van der Waals surface area contributed by atoms with Crippen molar-refractivity contribution >= 4 is 56.3 Å². The highest BCUT2D eigenvalue weighted by atomic mass is 15.1. The van der Waals surface area contributed by atoms with Gasteiger partial charge >= 0.3 is 0 Å². The number of rotatable bonds is 1. The largest absolute Gasteiger partial charge is 0.381 e. The van der Waals surface area contributed by atoms with Gasteiger partial charge in [-0.25, -0.2) is 39.9 Å². The summed E-state index contributed by atoms with van der Waals surface area (Å²) in [4.78, 5) is 34.5. The van der Waals surface area contributed by atoms with Gasteiger partial charge in [0.25, 0.3) is 0 Å². The third-order valence-corrected chi connectivity index (χ3v) is 5.18. The molecule has 6 rings (SSSR count). The Morgan fingerprint density at radius 3 is 1.29 bits per heavy atom. The van der Waals surface area contributed by atoms with Crippen LogP contribution in [-0.2, 0) is 0 Å². The van der Waals surface area contributed by atoms with Crippen molar-refractivity contribution in [2.45, 2.75) is 0 Å². The monoisotopic (exact) mass is 442 g/mol. The summed E-state index contributed by atoms with van der Waals surface area (Å²) in [5.74, 6) is 0.208. The number of hydrogen-bond donors (Lipinski definition) is 2. The second-order valence-electron chi connectivity index (χ2n) is 7.29. The molecule has 4 aromatic heterocycles. The molecule has 0 aliphatic carbocycles. The van der Waals surface area contributed by atoms with Crippen molar-refractivity contribution in [2.75, 3.05) is 11.5 Å². The summed E-state index contributed by atoms with van der Waals surface area (Å²) < 4.78 is 0. The van der Waals surface area contributed by atoms with Crippen molar-refractivity contribution < 1.29 is 0 Å². The average molecular weight is 442 g/mol. The van der Waals surface area contributed by atoms with Crippen molar-refractivity contribution in [1.29, 1.82) is 10.5 Å². The molecule has 34 heavy (non-hydrogen) atoms. The van der Waals surface area contributed by atoms with Crippen LogP contribution in [-0.4, -0.2) is 39.9 Å². The van der Waals surface area contributed by atoms with Crippen molar-refractivity contribution in [3.63, 3.8) is 0 Å². The Morgan fingerprint density at radius 2 is 0.882 bits per heavy atom. The highest BCUT2D eigenvalue weighted by Crippen LogP contribution is 2.27. The number of nitrogens with two attached hydrogens (primary N) is 2. The number of benzene rings is 2. The van der Waals surface area contributed by atoms with Crippen molar-refractivity contribution in [3.8, 4) is 23.3 Å². The molecule has 0 radical (unpaired) electrons. The molecule has 0 saturated carbocycles. The zero-order chi connectivity index (χ0) is 23.4. The summed E-state index contributed by atoms with van der Waals surface area (Å²) >= 11 is 0. The predicted octanol–water partition coefficient (Wildman–Crippen LogP) is 2.03. The molecule has 158 valence electrons. The summed E-state index contributed by atoms with van der Waals surface area (Å²) in [6.45, 7) is 0. The van der Waals surface area contributed by atoms with E-state index >= 15 is 0 Å². The van der Waals surface area contributed by atoms with Crippen LogP contribution in [0.15, 0.2) is 36.4 Å². The molecule has 0 atom stereocenters. The molecule has 2 aromatic carbocycles. The number of fused-ring (bicyclic) bond motifs is 4. The van der Waals surface area contributed by atoms with E-state index in [1.54, 1.807) is 6.07 Å². The molecule has 0 spiro atoms. The minimum absolute atomic E-state index is 0.0841. The minimum atomic E-state index is -0.0920. The number of nitrogen functional groups attached to an aromatic ring is 2. The van der Waals surface area contributed by atoms with E-state index in [1.165, 1.54) is 0 Å². The lowest BCUT2D eigenvalue weighted by Gasteiger charge is -2.07. The Kier molecular flexibility index (Phi) is 3.90.